The van der Waals surface area contributed by atoms with Crippen molar-refractivity contribution in [1.82, 2.24) is 54.7 Å². The molecule has 10 heterocycles. The van der Waals surface area contributed by atoms with Crippen LogP contribution in [0.25, 0.3) is 11.0 Å². The number of nitrogens with two attached hydrogens (primary N) is 3. The molecule has 2 amide bonds. The number of halogens is 17. The summed E-state index contributed by atoms with van der Waals surface area (Å²) in [7, 11) is 0. The SMILES string of the molecule is C.CCOC(=O)c1ccc(F)c2cncn12.Cc1nc(Br)ccc1F.Fc1ccc(Br)n2cncc12.Fc1ccc(Br)nc1CBr.N.NCc1nc(Br)ccc1F.NN.O.O=C1c2ccccc2C(=O)N1Cc1nc(Br)ccc1F.O=CCCc1nc(Br)ccc1F.O=CO.O=P(Cl)(Cl)Cl.O=[C-]c1ccccc1[C-]=O.[B].[H-].[K+].[Na+]. The Morgan fingerprint density at radius 1 is 0.602 bits per heavy atom. The molecular weight excluding hydrogens is 2080 g/mol. The predicted molar refractivity (Wildman–Crippen MR) is 434 cm³/mol. The molecule has 0 fully saturated rings. The summed E-state index contributed by atoms with van der Waals surface area (Å²) >= 11 is 35.9. The average molecular weight is 2140 g/mol. The van der Waals surface area contributed by atoms with Crippen molar-refractivity contribution in [3.05, 3.63) is 283 Å². The molecule has 0 unspecified atom stereocenters. The average Bonchev–Trinajstić information content (AvgIpc) is 1.63. The van der Waals surface area contributed by atoms with Crippen LogP contribution in [-0.4, -0.2) is 117 Å². The molecule has 0 saturated carbocycles. The number of carbonyl (C=O) groups excluding carboxylic acids is 6. The molecule has 1 aliphatic heterocycles. The van der Waals surface area contributed by atoms with E-state index in [0.29, 0.717) is 74.9 Å². The van der Waals surface area contributed by atoms with Gasteiger partial charge in [-0.3, -0.25) is 55.5 Å². The minimum atomic E-state index is -3.22. The number of rotatable bonds is 11. The molecule has 12 N–H and O–H groups in total. The molecule has 12 rings (SSSR count). The van der Waals surface area contributed by atoms with Crippen molar-refractivity contribution in [2.24, 2.45) is 17.4 Å². The molecule has 113 heavy (non-hydrogen) atoms. The normalized spacial score (nSPS) is 9.91. The van der Waals surface area contributed by atoms with Gasteiger partial charge in [0.25, 0.3) is 18.3 Å². The number of aromatic nitrogens is 9. The van der Waals surface area contributed by atoms with Crippen LogP contribution >= 0.6 is 150 Å². The number of amides is 2. The fraction of sp³-hybridized carbons (Fsp3) is 0.134. The molecule has 0 spiro atoms. The van der Waals surface area contributed by atoms with Gasteiger partial charge >= 0.3 is 92.1 Å². The monoisotopic (exact) mass is 2130 g/mol. The van der Waals surface area contributed by atoms with Crippen molar-refractivity contribution in [3.8, 4) is 0 Å². The number of aldehydes is 1. The van der Waals surface area contributed by atoms with Crippen molar-refractivity contribution in [2.45, 2.75) is 52.5 Å². The molecular formula is C67H63BBr7Cl3F7KN14NaO11P-. The van der Waals surface area contributed by atoms with Gasteiger partial charge in [-0.2, -0.15) is 0 Å². The zero-order valence-corrected chi connectivity index (χ0v) is 77.8. The number of carbonyl (C=O) groups is 5. The third-order valence-corrected chi connectivity index (χ3v) is 15.6. The molecule has 3 radical (unpaired) electrons. The first-order valence-corrected chi connectivity index (χ1v) is 39.3. The summed E-state index contributed by atoms with van der Waals surface area (Å²) in [6, 6.07) is 32.9. The molecule has 2 aromatic carbocycles. The van der Waals surface area contributed by atoms with E-state index in [9.17, 15) is 64.1 Å². The number of aryl methyl sites for hydroxylation is 2. The van der Waals surface area contributed by atoms with Crippen LogP contribution in [0.1, 0.15) is 93.0 Å². The third kappa shape index (κ3) is 42.4. The van der Waals surface area contributed by atoms with E-state index < -0.39 is 34.6 Å². The second-order valence-electron chi connectivity index (χ2n) is 19.1. The van der Waals surface area contributed by atoms with Crippen LogP contribution in [0, 0.1) is 47.6 Å². The Hall–Kier alpha value is -4.87. The maximum Gasteiger partial charge on any atom is 1.00 e. The molecule has 1 aliphatic rings. The van der Waals surface area contributed by atoms with Crippen molar-refractivity contribution >= 4 is 213 Å². The summed E-state index contributed by atoms with van der Waals surface area (Å²) in [5, 5.41) is 4.11. The van der Waals surface area contributed by atoms with Crippen molar-refractivity contribution in [2.75, 3.05) is 6.61 Å². The molecule has 597 valence electrons. The maximum absolute atomic E-state index is 13.7. The second-order valence-corrected chi connectivity index (χ2v) is 31.2. The van der Waals surface area contributed by atoms with Crippen LogP contribution in [0.4, 0.5) is 30.7 Å². The van der Waals surface area contributed by atoms with Gasteiger partial charge in [-0.25, -0.2) is 82.5 Å². The molecule has 0 atom stereocenters. The Bertz CT molecular complexity index is 4710. The minimum absolute atomic E-state index is 0. The van der Waals surface area contributed by atoms with Crippen LogP contribution in [-0.2, 0) is 53.3 Å². The van der Waals surface area contributed by atoms with Gasteiger partial charge in [0.1, 0.15) is 93.1 Å². The van der Waals surface area contributed by atoms with Crippen LogP contribution < -0.4 is 105 Å². The van der Waals surface area contributed by atoms with Gasteiger partial charge in [0, 0.05) is 26.7 Å². The standard InChI is InChI=1S/C14H8BrFN2O2.C10H9FN2O2.C8H7BrFNO.C8H4O2.C7H4BrFN2.C6H4Br2FN.C6H6BrFN2.C6H5BrFN.CH2O2.CH4.B.Cl3OP.K.H4N2.H3N.Na.H2O.H/c15-12-6-5-10(16)11(17-12)7-18-13(19)8-3-1-2-4-9(8)14(18)20;1-2-15-10(14)8-4-3-7(11)9-5-12-6-13(8)9;9-8-4-3-6(10)7(11-8)2-1-5-12;9-5-7-3-1-2-4-8(7)6-10;8-7-2-1-5(9)6-3-10-4-11(6)7;7-3-5-4(9)1-2-6(8)10-5;7-6-2-1-4(8)5(3-9)10-6;1-4-5(8)2-3-6(7)9-4;2-1-3;;;1-5(2,3)4;;1-2;;;;/h1-6H,7H2;3-6H,2H2,1H3;3-5H,1-2H2;1-4H;1-4H;1-2H,3H2;1-2H,3,9H2;2-3H,1H3;1H,(H,2,3);1H4;;;;1-2H2;1H3;;1H2;/q;;;-2;;;;;;;;;+1;;;+1;;-1. The summed E-state index contributed by atoms with van der Waals surface area (Å²) in [6.45, 7) is 3.32. The van der Waals surface area contributed by atoms with E-state index in [1.54, 1.807) is 91.7 Å². The number of imide groups is 1. The van der Waals surface area contributed by atoms with Crippen molar-refractivity contribution < 1.29 is 167 Å². The van der Waals surface area contributed by atoms with Gasteiger partial charge in [0.15, 0.2) is 0 Å². The zero-order valence-electron chi connectivity index (χ0n) is 59.4. The van der Waals surface area contributed by atoms with E-state index in [1.807, 2.05) is 0 Å². The van der Waals surface area contributed by atoms with E-state index in [2.05, 4.69) is 192 Å². The molecule has 25 nitrogen and oxygen atoms in total. The number of hydrazine groups is 1. The Kier molecular flexibility index (Phi) is 65.3. The van der Waals surface area contributed by atoms with E-state index >= 15 is 0 Å². The quantitative estimate of drug-likeness (QED) is 0.00686. The Balaban J connectivity index is -0.000000288. The fourth-order valence-corrected chi connectivity index (χ4v) is 10.2. The van der Waals surface area contributed by atoms with Gasteiger partial charge in [0.05, 0.1) is 76.1 Å². The first kappa shape index (κ1) is 117. The van der Waals surface area contributed by atoms with E-state index in [1.165, 1.54) is 102 Å². The van der Waals surface area contributed by atoms with Gasteiger partial charge in [-0.1, -0.05) is 35.5 Å². The van der Waals surface area contributed by atoms with Crippen molar-refractivity contribution in [3.63, 3.8) is 0 Å². The first-order chi connectivity index (χ1) is 50.8. The minimum Gasteiger partial charge on any atom is -1.00 e. The van der Waals surface area contributed by atoms with Gasteiger partial charge in [-0.05, 0) is 259 Å². The number of carboxylic acid groups (broad SMARTS) is 1. The van der Waals surface area contributed by atoms with Crippen LogP contribution in [0.5, 0.6) is 0 Å². The number of fused-ring (bicyclic) bond motifs is 3. The number of esters is 1. The second kappa shape index (κ2) is 63.2. The number of alkyl halides is 1. The van der Waals surface area contributed by atoms with Crippen LogP contribution in [0.3, 0.4) is 0 Å². The smallest absolute Gasteiger partial charge is 1.00 e. The summed E-state index contributed by atoms with van der Waals surface area (Å²) in [5.74, 6) is 4.18. The molecule has 11 aromatic rings. The van der Waals surface area contributed by atoms with E-state index in [-0.39, 0.29) is 199 Å². The Labute approximate surface area is 784 Å². The number of hydrogen-bond acceptors (Lipinski definition) is 20. The number of hydrogen-bond donors (Lipinski definition) is 5. The molecule has 0 saturated heterocycles. The number of imidazole rings is 2. The number of pyridine rings is 7. The number of benzene rings is 2. The summed E-state index contributed by atoms with van der Waals surface area (Å²) < 4.78 is 112. The summed E-state index contributed by atoms with van der Waals surface area (Å²) in [5.41, 5.74) is 8.93. The first-order valence-electron chi connectivity index (χ1n) is 29.0. The molecule has 0 aliphatic carbocycles. The Morgan fingerprint density at radius 2 is 0.956 bits per heavy atom. The number of ether oxygens (including phenoxy) is 1. The van der Waals surface area contributed by atoms with E-state index in [0.717, 1.165) is 15.8 Å². The maximum atomic E-state index is 13.7. The fourth-order valence-electron chi connectivity index (χ4n) is 7.56. The molecule has 46 heteroatoms. The predicted octanol–water partition coefficient (Wildman–Crippen LogP) is 11.0. The summed E-state index contributed by atoms with van der Waals surface area (Å²) in [4.78, 5) is 102. The van der Waals surface area contributed by atoms with Gasteiger partial charge < -0.3 is 43.0 Å². The van der Waals surface area contributed by atoms with Crippen LogP contribution in [0.2, 0.25) is 0 Å². The van der Waals surface area contributed by atoms with Crippen molar-refractivity contribution in [1.29, 1.82) is 0 Å². The Morgan fingerprint density at radius 3 is 1.34 bits per heavy atom. The topological polar surface area (TPSA) is 413 Å². The molecule has 0 bridgehead atoms. The van der Waals surface area contributed by atoms with Gasteiger partial charge in [-0.15, -0.1) is 12.1 Å². The summed E-state index contributed by atoms with van der Waals surface area (Å²) in [6.07, 6.45) is 10.5. The number of nitrogens with zero attached hydrogens (tertiary/aromatic N) is 10. The van der Waals surface area contributed by atoms with Gasteiger partial charge in [0.2, 0.25) is 0 Å². The van der Waals surface area contributed by atoms with E-state index in [4.69, 9.17) is 20.4 Å². The largest absolute Gasteiger partial charge is 1.00 e. The zero-order chi connectivity index (χ0) is 80.5. The molecule has 9 aromatic heterocycles. The van der Waals surface area contributed by atoms with Crippen LogP contribution in [0.15, 0.2) is 186 Å². The third-order valence-electron chi connectivity index (χ3n) is 12.2.